The number of nitrogens with zero attached hydrogens (tertiary/aromatic N) is 4. The van der Waals surface area contributed by atoms with Crippen molar-refractivity contribution >= 4 is 78.1 Å². The van der Waals surface area contributed by atoms with Crippen LogP contribution in [0.2, 0.25) is 0 Å². The van der Waals surface area contributed by atoms with E-state index in [9.17, 15) is 19.2 Å². The second-order valence-corrected chi connectivity index (χ2v) is 16.2. The van der Waals surface area contributed by atoms with E-state index in [0.717, 1.165) is 108 Å². The molecule has 2 saturated carbocycles. The summed E-state index contributed by atoms with van der Waals surface area (Å²) in [6.45, 7) is 4.90. The van der Waals surface area contributed by atoms with Gasteiger partial charge in [0.1, 0.15) is 0 Å². The molecule has 5 aromatic carbocycles. The standard InChI is InChI=1S/C44H44N4O6/c49-41-29-13-11-27-38-34(46-17-21-54-22-18-46)24-32-36-30(42(50)48(44(32)52)26-9-5-2-6-10-26)14-12-28(40(36)38)37-33(45-15-19-53-20-16-45)23-31(35(29)39(27)37)43(51)47(41)25-7-3-1-4-8-25/h11-14,23-26H,1-10,15-22H2. The van der Waals surface area contributed by atoms with Crippen LogP contribution in [0.1, 0.15) is 106 Å². The van der Waals surface area contributed by atoms with E-state index >= 15 is 0 Å². The number of carbonyl (C=O) groups excluding carboxylic acids is 4. The Morgan fingerprint density at radius 3 is 1.19 bits per heavy atom. The van der Waals surface area contributed by atoms with Crippen molar-refractivity contribution in [1.29, 1.82) is 0 Å². The molecule has 2 aliphatic carbocycles. The zero-order chi connectivity index (χ0) is 36.2. The summed E-state index contributed by atoms with van der Waals surface area (Å²) in [5.74, 6) is -0.832. The van der Waals surface area contributed by atoms with Gasteiger partial charge in [-0.3, -0.25) is 29.0 Å². The number of benzene rings is 5. The minimum absolute atomic E-state index is 0.103. The third-order valence-electron chi connectivity index (χ3n) is 13.4. The molecule has 0 bridgehead atoms. The second-order valence-electron chi connectivity index (χ2n) is 16.2. The lowest BCUT2D eigenvalue weighted by Gasteiger charge is -2.39. The zero-order valence-electron chi connectivity index (χ0n) is 30.6. The molecular weight excluding hydrogens is 681 g/mol. The van der Waals surface area contributed by atoms with Crippen LogP contribution in [0.25, 0.3) is 43.1 Å². The number of amides is 4. The Morgan fingerprint density at radius 1 is 0.426 bits per heavy atom. The topological polar surface area (TPSA) is 99.7 Å². The van der Waals surface area contributed by atoms with Gasteiger partial charge in [-0.1, -0.05) is 50.7 Å². The van der Waals surface area contributed by atoms with E-state index in [1.54, 1.807) is 9.80 Å². The summed E-state index contributed by atoms with van der Waals surface area (Å²) in [5, 5.41) is 7.00. The summed E-state index contributed by atoms with van der Waals surface area (Å²) >= 11 is 0. The Labute approximate surface area is 313 Å². The average Bonchev–Trinajstić information content (AvgIpc) is 3.22. The first-order valence-corrected chi connectivity index (χ1v) is 20.2. The molecule has 0 unspecified atom stereocenters. The highest BCUT2D eigenvalue weighted by Crippen LogP contribution is 2.52. The summed E-state index contributed by atoms with van der Waals surface area (Å²) in [6.07, 6.45) is 9.65. The molecule has 4 amide bonds. The molecule has 0 atom stereocenters. The fourth-order valence-corrected chi connectivity index (χ4v) is 10.9. The van der Waals surface area contributed by atoms with Crippen LogP contribution in [-0.4, -0.2) is 98.1 Å². The van der Waals surface area contributed by atoms with E-state index in [2.05, 4.69) is 21.9 Å². The van der Waals surface area contributed by atoms with Crippen molar-refractivity contribution in [2.75, 3.05) is 62.4 Å². The number of rotatable bonds is 4. The Kier molecular flexibility index (Phi) is 7.47. The van der Waals surface area contributed by atoms with Gasteiger partial charge in [0, 0.05) is 93.1 Å². The molecule has 0 N–H and O–H groups in total. The highest BCUT2D eigenvalue weighted by Gasteiger charge is 2.43. The monoisotopic (exact) mass is 724 g/mol. The Morgan fingerprint density at radius 2 is 0.796 bits per heavy atom. The fraction of sp³-hybridized carbons (Fsp3) is 0.455. The number of fused-ring (bicyclic) bond motifs is 2. The van der Waals surface area contributed by atoms with Crippen LogP contribution >= 0.6 is 0 Å². The number of anilines is 2. The Balaban J connectivity index is 1.26. The highest BCUT2D eigenvalue weighted by molar-refractivity contribution is 6.44. The number of hydrogen-bond acceptors (Lipinski definition) is 8. The molecule has 276 valence electrons. The molecule has 4 heterocycles. The van der Waals surface area contributed by atoms with E-state index < -0.39 is 0 Å². The average molecular weight is 725 g/mol. The van der Waals surface area contributed by atoms with Gasteiger partial charge in [0.15, 0.2) is 0 Å². The quantitative estimate of drug-likeness (QED) is 0.109. The lowest BCUT2D eigenvalue weighted by atomic mass is 9.79. The highest BCUT2D eigenvalue weighted by atomic mass is 16.5. The fourth-order valence-electron chi connectivity index (χ4n) is 10.9. The van der Waals surface area contributed by atoms with Crippen LogP contribution in [0, 0.1) is 0 Å². The van der Waals surface area contributed by atoms with Gasteiger partial charge in [-0.15, -0.1) is 0 Å². The predicted octanol–water partition coefficient (Wildman–Crippen LogP) is 7.27. The van der Waals surface area contributed by atoms with Crippen molar-refractivity contribution in [3.05, 3.63) is 58.7 Å². The second kappa shape index (κ2) is 12.4. The first-order valence-electron chi connectivity index (χ1n) is 20.2. The van der Waals surface area contributed by atoms with Gasteiger partial charge in [0.25, 0.3) is 23.6 Å². The van der Waals surface area contributed by atoms with Crippen LogP contribution < -0.4 is 9.80 Å². The molecule has 54 heavy (non-hydrogen) atoms. The van der Waals surface area contributed by atoms with E-state index in [1.807, 2.05) is 24.3 Å². The smallest absolute Gasteiger partial charge is 0.261 e. The summed E-state index contributed by atoms with van der Waals surface area (Å²) in [6, 6.07) is 11.8. The van der Waals surface area contributed by atoms with E-state index in [-0.39, 0.29) is 35.7 Å². The Hall–Kier alpha value is -4.80. The van der Waals surface area contributed by atoms with Crippen molar-refractivity contribution in [2.24, 2.45) is 0 Å². The number of morpholine rings is 2. The minimum atomic E-state index is -0.209. The van der Waals surface area contributed by atoms with E-state index in [1.165, 1.54) is 0 Å². The Bertz CT molecular complexity index is 2260. The maximum Gasteiger partial charge on any atom is 0.261 e. The molecule has 0 aromatic heterocycles. The van der Waals surface area contributed by atoms with E-state index in [4.69, 9.17) is 9.47 Å². The molecule has 6 aliphatic rings. The van der Waals surface area contributed by atoms with Gasteiger partial charge in [0.05, 0.1) is 37.6 Å². The largest absolute Gasteiger partial charge is 0.378 e. The third kappa shape index (κ3) is 4.53. The molecule has 4 fully saturated rings. The maximum atomic E-state index is 14.8. The van der Waals surface area contributed by atoms with Crippen molar-refractivity contribution in [3.8, 4) is 0 Å². The lowest BCUT2D eigenvalue weighted by Crippen LogP contribution is -2.48. The number of imide groups is 2. The molecule has 4 aliphatic heterocycles. The summed E-state index contributed by atoms with van der Waals surface area (Å²) in [7, 11) is 0. The summed E-state index contributed by atoms with van der Waals surface area (Å²) in [5.41, 5.74) is 4.16. The SMILES string of the molecule is O=C1c2ccc3c4c(N5CCOCC5)cc5c6c(ccc(c7c(N8CCOCC8)cc(c2c37)C(=O)N1C1CCCCC1)c64)C(=O)N(C1CCCCC1)C5=O. The maximum absolute atomic E-state index is 14.8. The molecule has 2 saturated heterocycles. The number of hydrogen-bond donors (Lipinski definition) is 0. The molecule has 11 rings (SSSR count). The summed E-state index contributed by atoms with van der Waals surface area (Å²) < 4.78 is 11.6. The normalized spacial score (nSPS) is 21.9. The number of carbonyl (C=O) groups is 4. The molecule has 10 heteroatoms. The van der Waals surface area contributed by atoms with Gasteiger partial charge in [-0.05, 0) is 60.7 Å². The molecular formula is C44H44N4O6. The van der Waals surface area contributed by atoms with Crippen molar-refractivity contribution in [2.45, 2.75) is 76.3 Å². The van der Waals surface area contributed by atoms with Crippen molar-refractivity contribution in [3.63, 3.8) is 0 Å². The van der Waals surface area contributed by atoms with E-state index in [0.29, 0.717) is 85.6 Å². The lowest BCUT2D eigenvalue weighted by molar-refractivity contribution is 0.0487. The molecule has 0 radical (unpaired) electrons. The zero-order valence-corrected chi connectivity index (χ0v) is 30.6. The van der Waals surface area contributed by atoms with Gasteiger partial charge in [-0.2, -0.15) is 0 Å². The number of ether oxygens (including phenoxy) is 2. The van der Waals surface area contributed by atoms with Gasteiger partial charge in [0.2, 0.25) is 0 Å². The third-order valence-corrected chi connectivity index (χ3v) is 13.4. The first-order chi connectivity index (χ1) is 26.5. The van der Waals surface area contributed by atoms with Gasteiger partial charge >= 0.3 is 0 Å². The van der Waals surface area contributed by atoms with Crippen LogP contribution in [0.15, 0.2) is 36.4 Å². The van der Waals surface area contributed by atoms with Crippen LogP contribution in [0.5, 0.6) is 0 Å². The van der Waals surface area contributed by atoms with Gasteiger partial charge in [-0.25, -0.2) is 0 Å². The molecule has 0 spiro atoms. The van der Waals surface area contributed by atoms with Crippen LogP contribution in [0.3, 0.4) is 0 Å². The van der Waals surface area contributed by atoms with Crippen LogP contribution in [-0.2, 0) is 9.47 Å². The minimum Gasteiger partial charge on any atom is -0.378 e. The molecule has 5 aromatic rings. The summed E-state index contributed by atoms with van der Waals surface area (Å²) in [4.78, 5) is 66.3. The predicted molar refractivity (Wildman–Crippen MR) is 208 cm³/mol. The van der Waals surface area contributed by atoms with Crippen LogP contribution in [0.4, 0.5) is 11.4 Å². The van der Waals surface area contributed by atoms with Gasteiger partial charge < -0.3 is 19.3 Å². The van der Waals surface area contributed by atoms with Crippen molar-refractivity contribution in [1.82, 2.24) is 9.80 Å². The molecule has 10 nitrogen and oxygen atoms in total. The first kappa shape index (κ1) is 32.6. The van der Waals surface area contributed by atoms with Crippen molar-refractivity contribution < 1.29 is 28.7 Å².